The molecule has 2 aromatic heterocycles. The van der Waals surface area contributed by atoms with Crippen LogP contribution in [0.25, 0.3) is 17.0 Å². The predicted molar refractivity (Wildman–Crippen MR) is 130 cm³/mol. The summed E-state index contributed by atoms with van der Waals surface area (Å²) < 4.78 is 7.67. The third-order valence-electron chi connectivity index (χ3n) is 7.09. The summed E-state index contributed by atoms with van der Waals surface area (Å²) in [5.74, 6) is 2.42. The molecule has 1 aliphatic carbocycles. The van der Waals surface area contributed by atoms with Gasteiger partial charge in [-0.15, -0.1) is 0 Å². The minimum absolute atomic E-state index is 0.187. The Kier molecular flexibility index (Phi) is 6.10. The molecule has 1 aromatic carbocycles. The zero-order valence-electron chi connectivity index (χ0n) is 19.6. The fraction of sp³-hybridized carbons (Fsp3) is 0.560. The summed E-state index contributed by atoms with van der Waals surface area (Å²) in [5.41, 5.74) is 9.20. The van der Waals surface area contributed by atoms with Crippen molar-refractivity contribution in [2.45, 2.75) is 70.8 Å². The van der Waals surface area contributed by atoms with Crippen LogP contribution in [0, 0.1) is 6.92 Å². The number of fused-ring (bicyclic) bond motifs is 1. The van der Waals surface area contributed by atoms with Crippen molar-refractivity contribution in [3.8, 4) is 17.1 Å². The smallest absolute Gasteiger partial charge is 0.334 e. The van der Waals surface area contributed by atoms with E-state index in [0.717, 1.165) is 67.3 Å². The Morgan fingerprint density at radius 1 is 1.12 bits per heavy atom. The van der Waals surface area contributed by atoms with Crippen LogP contribution < -0.4 is 21.1 Å². The van der Waals surface area contributed by atoms with E-state index in [2.05, 4.69) is 22.0 Å². The first-order chi connectivity index (χ1) is 16.0. The predicted octanol–water partition coefficient (Wildman–Crippen LogP) is 3.77. The average molecular weight is 451 g/mol. The lowest BCUT2D eigenvalue weighted by Crippen LogP contribution is -2.39. The molecule has 3 N–H and O–H groups in total. The van der Waals surface area contributed by atoms with E-state index in [0.29, 0.717) is 24.0 Å². The van der Waals surface area contributed by atoms with E-state index in [1.54, 1.807) is 4.40 Å². The molecular weight excluding hydrogens is 416 g/mol. The number of aromatic amines is 1. The summed E-state index contributed by atoms with van der Waals surface area (Å²) in [7, 11) is 0. The molecule has 1 aliphatic heterocycles. The number of hydrogen-bond acceptors (Lipinski definition) is 6. The molecule has 0 bridgehead atoms. The lowest BCUT2D eigenvalue weighted by atomic mass is 9.89. The maximum atomic E-state index is 13.2. The number of rotatable bonds is 5. The molecule has 3 aromatic rings. The summed E-state index contributed by atoms with van der Waals surface area (Å²) in [6, 6.07) is 6.41. The Labute approximate surface area is 194 Å². The topological polar surface area (TPSA) is 102 Å². The quantitative estimate of drug-likeness (QED) is 0.614. The third kappa shape index (κ3) is 4.24. The first-order valence-electron chi connectivity index (χ1n) is 12.3. The van der Waals surface area contributed by atoms with Gasteiger partial charge in [-0.25, -0.2) is 19.2 Å². The van der Waals surface area contributed by atoms with Crippen LogP contribution in [0.3, 0.4) is 0 Å². The summed E-state index contributed by atoms with van der Waals surface area (Å²) >= 11 is 0. The molecule has 0 spiro atoms. The summed E-state index contributed by atoms with van der Waals surface area (Å²) in [6.07, 6.45) is 7.78. The van der Waals surface area contributed by atoms with Gasteiger partial charge in [0.25, 0.3) is 0 Å². The van der Waals surface area contributed by atoms with Crippen molar-refractivity contribution < 1.29 is 4.74 Å². The van der Waals surface area contributed by atoms with Gasteiger partial charge in [0.05, 0.1) is 17.9 Å². The number of hydrogen-bond donors (Lipinski definition) is 2. The van der Waals surface area contributed by atoms with E-state index in [9.17, 15) is 4.79 Å². The Morgan fingerprint density at radius 3 is 2.61 bits per heavy atom. The summed E-state index contributed by atoms with van der Waals surface area (Å²) in [5, 5.41) is 0. The van der Waals surface area contributed by atoms with Crippen LogP contribution in [0.15, 0.2) is 23.0 Å². The molecule has 1 saturated heterocycles. The molecule has 2 aliphatic rings. The minimum Gasteiger partial charge on any atom is -0.493 e. The van der Waals surface area contributed by atoms with E-state index in [4.69, 9.17) is 20.4 Å². The molecule has 0 unspecified atom stereocenters. The standard InChI is InChI=1S/C25H34N6O2/c1-3-33-21-15-19(30-13-11-18(26)12-14-30)9-10-20(21)22-28-23-16(2)27-24(31(23)25(32)29-22)17-7-5-4-6-8-17/h9-10,15,17-18H,3-8,11-14,26H2,1-2H3,(H,28,29,32). The number of nitrogens with zero attached hydrogens (tertiary/aromatic N) is 4. The number of ether oxygens (including phenoxy) is 1. The van der Waals surface area contributed by atoms with E-state index in [1.165, 1.54) is 19.3 Å². The molecule has 33 heavy (non-hydrogen) atoms. The zero-order chi connectivity index (χ0) is 22.9. The highest BCUT2D eigenvalue weighted by molar-refractivity contribution is 5.70. The van der Waals surface area contributed by atoms with Crippen LogP contribution in [-0.2, 0) is 0 Å². The SMILES string of the molecule is CCOc1cc(N2CCC(N)CC2)ccc1-c1nc2c(C)nc(C3CCCCC3)n2c(=O)[nH]1. The number of nitrogens with two attached hydrogens (primary N) is 1. The number of benzene rings is 1. The molecule has 0 atom stereocenters. The Bertz CT molecular complexity index is 1190. The van der Waals surface area contributed by atoms with E-state index in [-0.39, 0.29) is 11.7 Å². The second-order valence-electron chi connectivity index (χ2n) is 9.38. The molecule has 8 heteroatoms. The molecule has 0 radical (unpaired) electrons. The van der Waals surface area contributed by atoms with Crippen LogP contribution in [0.1, 0.15) is 69.3 Å². The first-order valence-corrected chi connectivity index (χ1v) is 12.3. The largest absolute Gasteiger partial charge is 0.493 e. The number of nitrogens with one attached hydrogen (secondary N) is 1. The molecule has 176 valence electrons. The molecule has 5 rings (SSSR count). The van der Waals surface area contributed by atoms with Gasteiger partial charge < -0.3 is 15.4 Å². The number of piperidine rings is 1. The lowest BCUT2D eigenvalue weighted by Gasteiger charge is -2.32. The molecule has 0 amide bonds. The van der Waals surface area contributed by atoms with E-state index >= 15 is 0 Å². The maximum Gasteiger partial charge on any atom is 0.334 e. The van der Waals surface area contributed by atoms with E-state index < -0.39 is 0 Å². The Morgan fingerprint density at radius 2 is 1.88 bits per heavy atom. The molecule has 3 heterocycles. The van der Waals surface area contributed by atoms with Crippen molar-refractivity contribution >= 4 is 11.3 Å². The van der Waals surface area contributed by atoms with Gasteiger partial charge in [0.2, 0.25) is 0 Å². The summed E-state index contributed by atoms with van der Waals surface area (Å²) in [6.45, 7) is 6.31. The summed E-state index contributed by atoms with van der Waals surface area (Å²) in [4.78, 5) is 28.2. The van der Waals surface area contributed by atoms with Crippen molar-refractivity contribution in [1.82, 2.24) is 19.4 Å². The highest BCUT2D eigenvalue weighted by Crippen LogP contribution is 2.35. The van der Waals surface area contributed by atoms with Gasteiger partial charge in [0.1, 0.15) is 17.4 Å². The first kappa shape index (κ1) is 21.9. The Hall–Kier alpha value is -2.87. The number of aryl methyl sites for hydroxylation is 1. The van der Waals surface area contributed by atoms with Crippen LogP contribution in [0.2, 0.25) is 0 Å². The number of aromatic nitrogens is 4. The maximum absolute atomic E-state index is 13.2. The monoisotopic (exact) mass is 450 g/mol. The highest BCUT2D eigenvalue weighted by Gasteiger charge is 2.24. The number of imidazole rings is 1. The highest BCUT2D eigenvalue weighted by atomic mass is 16.5. The van der Waals surface area contributed by atoms with Gasteiger partial charge >= 0.3 is 5.69 Å². The van der Waals surface area contributed by atoms with Gasteiger partial charge in [-0.05, 0) is 51.7 Å². The van der Waals surface area contributed by atoms with Crippen LogP contribution in [0.5, 0.6) is 5.75 Å². The second-order valence-corrected chi connectivity index (χ2v) is 9.38. The van der Waals surface area contributed by atoms with Gasteiger partial charge in [0, 0.05) is 36.8 Å². The van der Waals surface area contributed by atoms with Crippen molar-refractivity contribution in [2.75, 3.05) is 24.6 Å². The van der Waals surface area contributed by atoms with Gasteiger partial charge in [0.15, 0.2) is 5.65 Å². The van der Waals surface area contributed by atoms with E-state index in [1.807, 2.05) is 19.9 Å². The van der Waals surface area contributed by atoms with Crippen LogP contribution in [0.4, 0.5) is 5.69 Å². The Balaban J connectivity index is 1.54. The fourth-order valence-corrected chi connectivity index (χ4v) is 5.26. The van der Waals surface area contributed by atoms with Gasteiger partial charge in [-0.1, -0.05) is 19.3 Å². The van der Waals surface area contributed by atoms with Crippen LogP contribution in [-0.4, -0.2) is 45.1 Å². The zero-order valence-corrected chi connectivity index (χ0v) is 19.6. The van der Waals surface area contributed by atoms with Crippen molar-refractivity contribution in [2.24, 2.45) is 5.73 Å². The molecular formula is C25H34N6O2. The van der Waals surface area contributed by atoms with Gasteiger partial charge in [-0.2, -0.15) is 0 Å². The van der Waals surface area contributed by atoms with Crippen molar-refractivity contribution in [3.63, 3.8) is 0 Å². The minimum atomic E-state index is -0.187. The van der Waals surface area contributed by atoms with Crippen molar-refractivity contribution in [1.29, 1.82) is 0 Å². The molecule has 8 nitrogen and oxygen atoms in total. The normalized spacial score (nSPS) is 18.2. The number of H-pyrrole nitrogens is 1. The van der Waals surface area contributed by atoms with Crippen LogP contribution >= 0.6 is 0 Å². The third-order valence-corrected chi connectivity index (χ3v) is 7.09. The lowest BCUT2D eigenvalue weighted by molar-refractivity contribution is 0.341. The fourth-order valence-electron chi connectivity index (χ4n) is 5.26. The van der Waals surface area contributed by atoms with Gasteiger partial charge in [-0.3, -0.25) is 4.98 Å². The average Bonchev–Trinajstić information content (AvgIpc) is 3.17. The number of anilines is 1. The van der Waals surface area contributed by atoms with Crippen molar-refractivity contribution in [3.05, 3.63) is 40.2 Å². The molecule has 2 fully saturated rings. The molecule has 1 saturated carbocycles. The second kappa shape index (κ2) is 9.17.